The first-order valence-corrected chi connectivity index (χ1v) is 9.24. The molecule has 2 amide bonds. The highest BCUT2D eigenvalue weighted by atomic mass is 16.2. The van der Waals surface area contributed by atoms with Gasteiger partial charge in [0.2, 0.25) is 11.8 Å². The van der Waals surface area contributed by atoms with Gasteiger partial charge in [0.15, 0.2) is 0 Å². The van der Waals surface area contributed by atoms with Crippen LogP contribution in [0, 0.1) is 5.92 Å². The Balaban J connectivity index is 1.43. The van der Waals surface area contributed by atoms with Crippen LogP contribution < -0.4 is 10.2 Å². The summed E-state index contributed by atoms with van der Waals surface area (Å²) in [4.78, 5) is 30.9. The minimum Gasteiger partial charge on any atom is -0.349 e. The molecule has 26 heavy (non-hydrogen) atoms. The molecule has 2 heterocycles. The summed E-state index contributed by atoms with van der Waals surface area (Å²) in [6, 6.07) is 9.95. The Morgan fingerprint density at radius 1 is 1.19 bits per heavy atom. The number of pyridine rings is 1. The van der Waals surface area contributed by atoms with E-state index in [0.29, 0.717) is 6.54 Å². The molecule has 1 aliphatic heterocycles. The summed E-state index contributed by atoms with van der Waals surface area (Å²) in [6.07, 6.45) is 7.09. The van der Waals surface area contributed by atoms with Gasteiger partial charge in [-0.3, -0.25) is 14.6 Å². The van der Waals surface area contributed by atoms with E-state index in [0.717, 1.165) is 24.1 Å². The summed E-state index contributed by atoms with van der Waals surface area (Å²) in [6.45, 7) is 2.40. The second-order valence-electron chi connectivity index (χ2n) is 7.22. The Hall–Kier alpha value is -2.69. The van der Waals surface area contributed by atoms with Crippen molar-refractivity contribution in [2.24, 2.45) is 5.92 Å². The number of amides is 2. The van der Waals surface area contributed by atoms with Gasteiger partial charge in [0, 0.05) is 31.0 Å². The lowest BCUT2D eigenvalue weighted by Crippen LogP contribution is -2.34. The van der Waals surface area contributed by atoms with Gasteiger partial charge < -0.3 is 10.2 Å². The van der Waals surface area contributed by atoms with E-state index in [1.807, 2.05) is 25.1 Å². The topological polar surface area (TPSA) is 62.3 Å². The third-order valence-corrected chi connectivity index (χ3v) is 5.45. The standard InChI is InChI=1S/C21H23N3O2/c1-14(15-7-9-22-10-8-15)23-21(26)18-12-20(25)24(13-18)19-6-5-16-3-2-4-17(16)11-19/h5-11,14,18H,2-4,12-13H2,1H3,(H,23,26). The van der Waals surface area contributed by atoms with Crippen molar-refractivity contribution in [1.82, 2.24) is 10.3 Å². The fourth-order valence-corrected chi connectivity index (χ4v) is 3.93. The van der Waals surface area contributed by atoms with Crippen molar-refractivity contribution in [2.75, 3.05) is 11.4 Å². The molecule has 4 rings (SSSR count). The molecule has 1 fully saturated rings. The van der Waals surface area contributed by atoms with Crippen LogP contribution in [-0.2, 0) is 22.4 Å². The minimum absolute atomic E-state index is 0.0275. The highest BCUT2D eigenvalue weighted by Crippen LogP contribution is 2.30. The summed E-state index contributed by atoms with van der Waals surface area (Å²) in [5.74, 6) is -0.342. The number of aromatic nitrogens is 1. The van der Waals surface area contributed by atoms with Gasteiger partial charge in [0.1, 0.15) is 0 Å². The molecular formula is C21H23N3O2. The largest absolute Gasteiger partial charge is 0.349 e. The third-order valence-electron chi connectivity index (χ3n) is 5.45. The Morgan fingerprint density at radius 2 is 1.96 bits per heavy atom. The van der Waals surface area contributed by atoms with Crippen LogP contribution in [0.15, 0.2) is 42.7 Å². The zero-order valence-corrected chi connectivity index (χ0v) is 14.9. The SMILES string of the molecule is CC(NC(=O)C1CC(=O)N(c2ccc3c(c2)CCC3)C1)c1ccncc1. The molecule has 1 saturated heterocycles. The molecule has 1 aromatic heterocycles. The molecule has 0 bridgehead atoms. The van der Waals surface area contributed by atoms with E-state index < -0.39 is 0 Å². The van der Waals surface area contributed by atoms with Gasteiger partial charge in [-0.1, -0.05) is 6.07 Å². The molecule has 1 N–H and O–H groups in total. The lowest BCUT2D eigenvalue weighted by molar-refractivity contribution is -0.126. The second-order valence-corrected chi connectivity index (χ2v) is 7.22. The first-order chi connectivity index (χ1) is 12.6. The van der Waals surface area contributed by atoms with Crippen molar-refractivity contribution in [1.29, 1.82) is 0 Å². The van der Waals surface area contributed by atoms with E-state index in [1.165, 1.54) is 17.5 Å². The van der Waals surface area contributed by atoms with Crippen LogP contribution in [0.5, 0.6) is 0 Å². The Bertz CT molecular complexity index is 834. The summed E-state index contributed by atoms with van der Waals surface area (Å²) >= 11 is 0. The van der Waals surface area contributed by atoms with Crippen LogP contribution in [0.1, 0.15) is 42.5 Å². The zero-order chi connectivity index (χ0) is 18.1. The van der Waals surface area contributed by atoms with E-state index in [-0.39, 0.29) is 30.2 Å². The molecular weight excluding hydrogens is 326 g/mol. The monoisotopic (exact) mass is 349 g/mol. The first-order valence-electron chi connectivity index (χ1n) is 9.24. The molecule has 2 aromatic rings. The molecule has 2 atom stereocenters. The van der Waals surface area contributed by atoms with Crippen LogP contribution in [0.2, 0.25) is 0 Å². The zero-order valence-electron chi connectivity index (χ0n) is 14.9. The van der Waals surface area contributed by atoms with Gasteiger partial charge in [-0.05, 0) is 67.1 Å². The van der Waals surface area contributed by atoms with Crippen molar-refractivity contribution in [3.63, 3.8) is 0 Å². The number of fused-ring (bicyclic) bond motifs is 1. The number of carbonyl (C=O) groups excluding carboxylic acids is 2. The smallest absolute Gasteiger partial charge is 0.227 e. The van der Waals surface area contributed by atoms with E-state index in [1.54, 1.807) is 17.3 Å². The number of hydrogen-bond acceptors (Lipinski definition) is 3. The van der Waals surface area contributed by atoms with E-state index in [9.17, 15) is 9.59 Å². The molecule has 5 heteroatoms. The average molecular weight is 349 g/mol. The highest BCUT2D eigenvalue weighted by Gasteiger charge is 2.35. The van der Waals surface area contributed by atoms with Crippen LogP contribution in [-0.4, -0.2) is 23.3 Å². The van der Waals surface area contributed by atoms with Crippen molar-refractivity contribution >= 4 is 17.5 Å². The average Bonchev–Trinajstić information content (AvgIpc) is 3.28. The van der Waals surface area contributed by atoms with Crippen LogP contribution in [0.25, 0.3) is 0 Å². The molecule has 0 radical (unpaired) electrons. The van der Waals surface area contributed by atoms with Gasteiger partial charge in [-0.25, -0.2) is 0 Å². The second kappa shape index (κ2) is 6.90. The fourth-order valence-electron chi connectivity index (χ4n) is 3.93. The number of benzene rings is 1. The molecule has 134 valence electrons. The van der Waals surface area contributed by atoms with E-state index in [4.69, 9.17) is 0 Å². The van der Waals surface area contributed by atoms with Crippen molar-refractivity contribution < 1.29 is 9.59 Å². The Morgan fingerprint density at radius 3 is 2.77 bits per heavy atom. The maximum absolute atomic E-state index is 12.6. The molecule has 2 unspecified atom stereocenters. The predicted molar refractivity (Wildman–Crippen MR) is 99.7 cm³/mol. The molecule has 0 saturated carbocycles. The van der Waals surface area contributed by atoms with Crippen LogP contribution >= 0.6 is 0 Å². The Labute approximate surface area is 153 Å². The Kier molecular flexibility index (Phi) is 4.45. The van der Waals surface area contributed by atoms with Crippen LogP contribution in [0.4, 0.5) is 5.69 Å². The predicted octanol–water partition coefficient (Wildman–Crippen LogP) is 2.80. The van der Waals surface area contributed by atoms with E-state index in [2.05, 4.69) is 22.4 Å². The van der Waals surface area contributed by atoms with Crippen LogP contribution in [0.3, 0.4) is 0 Å². The number of nitrogens with one attached hydrogen (secondary N) is 1. The quantitative estimate of drug-likeness (QED) is 0.923. The summed E-state index contributed by atoms with van der Waals surface area (Å²) < 4.78 is 0. The fraction of sp³-hybridized carbons (Fsp3) is 0.381. The van der Waals surface area contributed by atoms with Crippen molar-refractivity contribution in [3.8, 4) is 0 Å². The molecule has 1 aromatic carbocycles. The summed E-state index contributed by atoms with van der Waals surface area (Å²) in [5.41, 5.74) is 4.66. The third kappa shape index (κ3) is 3.21. The minimum atomic E-state index is -0.306. The maximum atomic E-state index is 12.6. The number of aryl methyl sites for hydroxylation is 2. The number of hydrogen-bond donors (Lipinski definition) is 1. The van der Waals surface area contributed by atoms with Gasteiger partial charge in [-0.2, -0.15) is 0 Å². The van der Waals surface area contributed by atoms with E-state index >= 15 is 0 Å². The normalized spacial score (nSPS) is 20.1. The number of anilines is 1. The van der Waals surface area contributed by atoms with Crippen molar-refractivity contribution in [2.45, 2.75) is 38.6 Å². The van der Waals surface area contributed by atoms with Gasteiger partial charge in [0.25, 0.3) is 0 Å². The number of rotatable bonds is 4. The summed E-state index contributed by atoms with van der Waals surface area (Å²) in [7, 11) is 0. The molecule has 1 aliphatic carbocycles. The summed E-state index contributed by atoms with van der Waals surface area (Å²) in [5, 5.41) is 3.03. The number of carbonyl (C=O) groups is 2. The van der Waals surface area contributed by atoms with Gasteiger partial charge in [-0.15, -0.1) is 0 Å². The lowest BCUT2D eigenvalue weighted by atomic mass is 10.1. The molecule has 5 nitrogen and oxygen atoms in total. The number of nitrogens with zero attached hydrogens (tertiary/aromatic N) is 2. The molecule has 0 spiro atoms. The highest BCUT2D eigenvalue weighted by molar-refractivity contribution is 6.00. The van der Waals surface area contributed by atoms with Crippen molar-refractivity contribution in [3.05, 3.63) is 59.4 Å². The maximum Gasteiger partial charge on any atom is 0.227 e. The first kappa shape index (κ1) is 16.8. The van der Waals surface area contributed by atoms with Gasteiger partial charge in [0.05, 0.1) is 12.0 Å². The molecule has 2 aliphatic rings. The van der Waals surface area contributed by atoms with Gasteiger partial charge >= 0.3 is 0 Å². The lowest BCUT2D eigenvalue weighted by Gasteiger charge is -2.19.